The van der Waals surface area contributed by atoms with Crippen molar-refractivity contribution in [3.63, 3.8) is 0 Å². The number of alkyl halides is 2. The number of anilines is 2. The van der Waals surface area contributed by atoms with Crippen LogP contribution in [0.4, 0.5) is 20.2 Å². The van der Waals surface area contributed by atoms with Gasteiger partial charge in [-0.2, -0.15) is 0 Å². The Labute approximate surface area is 357 Å². The number of halogens is 6. The first kappa shape index (κ1) is 38.8. The predicted octanol–water partition coefficient (Wildman–Crippen LogP) is 13.3. The van der Waals surface area contributed by atoms with Crippen LogP contribution in [0.2, 0.25) is 0 Å². The normalized spacial score (nSPS) is 12.8. The number of aromatic nitrogens is 2. The van der Waals surface area contributed by atoms with Crippen LogP contribution < -0.4 is 19.5 Å². The molecule has 2 aromatic heterocycles. The van der Waals surface area contributed by atoms with Gasteiger partial charge >= 0.3 is 0 Å². The summed E-state index contributed by atoms with van der Waals surface area (Å²) in [6.45, 7) is -0.0199. The first-order valence-electron chi connectivity index (χ1n) is 18.0. The van der Waals surface area contributed by atoms with Gasteiger partial charge in [0, 0.05) is 73.6 Å². The van der Waals surface area contributed by atoms with Crippen LogP contribution in [0.25, 0.3) is 43.6 Å². The maximum Gasteiger partial charge on any atom is 0.137 e. The molecule has 0 fully saturated rings. The maximum atomic E-state index is 17.1. The van der Waals surface area contributed by atoms with Crippen molar-refractivity contribution in [2.24, 2.45) is 0 Å². The van der Waals surface area contributed by atoms with Gasteiger partial charge in [-0.3, -0.25) is 10.0 Å². The first-order chi connectivity index (χ1) is 27.1. The van der Waals surface area contributed by atoms with E-state index in [2.05, 4.69) is 88.0 Å². The minimum absolute atomic E-state index is 0.0706. The van der Waals surface area contributed by atoms with Crippen molar-refractivity contribution < 1.29 is 18.3 Å². The SMILES string of the molecule is COc1cccc(N(CC(F)Cn2c3ccc(Br)cc3c3cc(Br)ccc32)N(CC(F)Cn2c3ccc(Br)cc3c3cc(Br)ccc32)c2cccc(OC)c2)c1. The van der Waals surface area contributed by atoms with Crippen LogP contribution in [0, 0.1) is 0 Å². The second-order valence-corrected chi connectivity index (χ2v) is 17.3. The van der Waals surface area contributed by atoms with Gasteiger partial charge in [0.05, 0.1) is 51.8 Å². The van der Waals surface area contributed by atoms with Crippen molar-refractivity contribution in [3.8, 4) is 11.5 Å². The first-order valence-corrected chi connectivity index (χ1v) is 21.1. The summed E-state index contributed by atoms with van der Waals surface area (Å²) in [4.78, 5) is 0. The Morgan fingerprint density at radius 1 is 0.482 bits per heavy atom. The smallest absolute Gasteiger partial charge is 0.137 e. The molecule has 0 aliphatic heterocycles. The monoisotopic (exact) mass is 1010 g/mol. The summed E-state index contributed by atoms with van der Waals surface area (Å²) in [7, 11) is 3.20. The third-order valence-electron chi connectivity index (χ3n) is 10.1. The summed E-state index contributed by atoms with van der Waals surface area (Å²) in [5.41, 5.74) is 5.02. The Morgan fingerprint density at radius 2 is 0.804 bits per heavy atom. The Morgan fingerprint density at radius 3 is 1.11 bits per heavy atom. The molecule has 0 N–H and O–H groups in total. The van der Waals surface area contributed by atoms with E-state index in [9.17, 15) is 0 Å². The molecule has 0 radical (unpaired) electrons. The minimum Gasteiger partial charge on any atom is -0.497 e. The molecule has 0 spiro atoms. The zero-order valence-electron chi connectivity index (χ0n) is 30.4. The largest absolute Gasteiger partial charge is 0.497 e. The van der Waals surface area contributed by atoms with Gasteiger partial charge in [-0.05, 0) is 97.1 Å². The highest BCUT2D eigenvalue weighted by Gasteiger charge is 2.27. The molecule has 6 aromatic carbocycles. The third kappa shape index (κ3) is 7.77. The molecular formula is C44H36Br4F2N4O2. The number of nitrogens with zero attached hydrogens (tertiary/aromatic N) is 4. The second kappa shape index (κ2) is 16.4. The lowest BCUT2D eigenvalue weighted by Gasteiger charge is -2.40. The van der Waals surface area contributed by atoms with E-state index in [1.807, 2.05) is 116 Å². The Hall–Kier alpha value is -4.10. The molecule has 0 aliphatic carbocycles. The fraction of sp³-hybridized carbons (Fsp3) is 0.182. The van der Waals surface area contributed by atoms with E-state index in [0.29, 0.717) is 22.9 Å². The van der Waals surface area contributed by atoms with Crippen LogP contribution in [0.3, 0.4) is 0 Å². The molecule has 2 unspecified atom stereocenters. The topological polar surface area (TPSA) is 34.8 Å². The number of benzene rings is 6. The van der Waals surface area contributed by atoms with Crippen LogP contribution in [0.5, 0.6) is 11.5 Å². The van der Waals surface area contributed by atoms with Gasteiger partial charge in [0.15, 0.2) is 0 Å². The number of methoxy groups -OCH3 is 2. The molecule has 56 heavy (non-hydrogen) atoms. The molecule has 2 heterocycles. The minimum atomic E-state index is -1.38. The van der Waals surface area contributed by atoms with Gasteiger partial charge in [-0.25, -0.2) is 8.78 Å². The average Bonchev–Trinajstić information content (AvgIpc) is 3.65. The van der Waals surface area contributed by atoms with E-state index in [0.717, 1.165) is 61.5 Å². The van der Waals surface area contributed by atoms with Crippen LogP contribution in [-0.4, -0.2) is 48.8 Å². The van der Waals surface area contributed by atoms with Crippen molar-refractivity contribution in [2.75, 3.05) is 37.3 Å². The number of hydrogen-bond acceptors (Lipinski definition) is 4. The van der Waals surface area contributed by atoms with Gasteiger partial charge in [-0.1, -0.05) is 75.9 Å². The van der Waals surface area contributed by atoms with E-state index in [4.69, 9.17) is 9.47 Å². The lowest BCUT2D eigenvalue weighted by molar-refractivity contribution is 0.282. The molecule has 0 saturated carbocycles. The fourth-order valence-corrected chi connectivity index (χ4v) is 9.05. The number of fused-ring (bicyclic) bond motifs is 6. The van der Waals surface area contributed by atoms with Crippen molar-refractivity contribution in [2.45, 2.75) is 25.4 Å². The Bertz CT molecular complexity index is 2410. The van der Waals surface area contributed by atoms with E-state index < -0.39 is 12.3 Å². The standard InChI is InChI=1S/C44H36Br4F2N4O2/c1-55-35-7-3-5-33(21-35)53(25-31(49)23-51-41-13-9-27(45)17-37(41)38-18-28(46)10-14-42(38)51)54(34-6-4-8-36(22-34)56-2)26-32(50)24-52-43-15-11-29(47)19-39(43)40-20-30(48)12-16-44(40)52/h3-22,31-32H,23-26H2,1-2H3. The maximum absolute atomic E-state index is 17.1. The molecule has 8 aromatic rings. The van der Waals surface area contributed by atoms with E-state index in [1.165, 1.54) is 0 Å². The zero-order chi connectivity index (χ0) is 39.1. The Balaban J connectivity index is 1.19. The molecule has 0 bridgehead atoms. The van der Waals surface area contributed by atoms with Crippen molar-refractivity contribution in [3.05, 3.63) is 139 Å². The van der Waals surface area contributed by atoms with Crippen molar-refractivity contribution in [1.82, 2.24) is 9.13 Å². The summed E-state index contributed by atoms with van der Waals surface area (Å²) >= 11 is 14.5. The molecule has 0 amide bonds. The molecule has 0 saturated heterocycles. The third-order valence-corrected chi connectivity index (χ3v) is 12.0. The van der Waals surface area contributed by atoms with Crippen LogP contribution in [-0.2, 0) is 13.1 Å². The van der Waals surface area contributed by atoms with E-state index >= 15 is 8.78 Å². The lowest BCUT2D eigenvalue weighted by Crippen LogP contribution is -2.50. The van der Waals surface area contributed by atoms with Gasteiger partial charge < -0.3 is 18.6 Å². The molecule has 8 rings (SSSR count). The van der Waals surface area contributed by atoms with Gasteiger partial charge in [-0.15, -0.1) is 0 Å². The highest BCUT2D eigenvalue weighted by atomic mass is 79.9. The molecular weight excluding hydrogens is 974 g/mol. The van der Waals surface area contributed by atoms with Crippen LogP contribution >= 0.6 is 63.7 Å². The Kier molecular flexibility index (Phi) is 11.4. The van der Waals surface area contributed by atoms with Gasteiger partial charge in [0.2, 0.25) is 0 Å². The summed E-state index contributed by atoms with van der Waals surface area (Å²) in [6, 6.07) is 39.1. The summed E-state index contributed by atoms with van der Waals surface area (Å²) < 4.78 is 53.3. The van der Waals surface area contributed by atoms with E-state index in [-0.39, 0.29) is 26.2 Å². The highest BCUT2D eigenvalue weighted by Crippen LogP contribution is 2.36. The zero-order valence-corrected chi connectivity index (χ0v) is 36.7. The highest BCUT2D eigenvalue weighted by molar-refractivity contribution is 9.11. The second-order valence-electron chi connectivity index (χ2n) is 13.6. The van der Waals surface area contributed by atoms with Crippen molar-refractivity contribution >= 4 is 119 Å². The predicted molar refractivity (Wildman–Crippen MR) is 240 cm³/mol. The van der Waals surface area contributed by atoms with Gasteiger partial charge in [0.25, 0.3) is 0 Å². The summed E-state index contributed by atoms with van der Waals surface area (Å²) in [5.74, 6) is 1.21. The molecule has 2 atom stereocenters. The molecule has 6 nitrogen and oxygen atoms in total. The lowest BCUT2D eigenvalue weighted by atomic mass is 10.2. The summed E-state index contributed by atoms with van der Waals surface area (Å²) in [5, 5.41) is 7.75. The fourth-order valence-electron chi connectivity index (χ4n) is 7.61. The molecule has 12 heteroatoms. The number of rotatable bonds is 13. The van der Waals surface area contributed by atoms with Crippen molar-refractivity contribution in [1.29, 1.82) is 0 Å². The molecule has 0 aliphatic rings. The number of ether oxygens (including phenoxy) is 2. The van der Waals surface area contributed by atoms with Gasteiger partial charge in [0.1, 0.15) is 23.8 Å². The van der Waals surface area contributed by atoms with Crippen LogP contribution in [0.1, 0.15) is 0 Å². The quantitative estimate of drug-likeness (QED) is 0.108. The summed E-state index contributed by atoms with van der Waals surface area (Å²) in [6.07, 6.45) is -2.76. The molecule has 286 valence electrons. The number of hydrazine groups is 1. The number of hydrogen-bond donors (Lipinski definition) is 0. The van der Waals surface area contributed by atoms with Crippen LogP contribution in [0.15, 0.2) is 139 Å². The van der Waals surface area contributed by atoms with E-state index in [1.54, 1.807) is 14.2 Å². The average molecular weight is 1010 g/mol.